The van der Waals surface area contributed by atoms with E-state index in [0.29, 0.717) is 0 Å². The Balaban J connectivity index is 4.91. The summed E-state index contributed by atoms with van der Waals surface area (Å²) in [7, 11) is -1.18. The topological polar surface area (TPSA) is 0 Å². The average molecular weight is 822 g/mol. The van der Waals surface area contributed by atoms with Crippen molar-refractivity contribution in [3.05, 3.63) is 0 Å². The van der Waals surface area contributed by atoms with Gasteiger partial charge in [0.05, 0.1) is 0 Å². The molecule has 0 aromatic heterocycles. The molecule has 57 heavy (non-hydrogen) atoms. The van der Waals surface area contributed by atoms with Crippen LogP contribution in [0.2, 0.25) is 0 Å². The van der Waals surface area contributed by atoms with Crippen LogP contribution in [0.4, 0.5) is 0 Å². The Morgan fingerprint density at radius 2 is 0.246 bits per heavy atom. The molecule has 0 N–H and O–H groups in total. The van der Waals surface area contributed by atoms with Crippen molar-refractivity contribution in [1.82, 2.24) is 0 Å². The van der Waals surface area contributed by atoms with E-state index in [1.807, 2.05) is 0 Å². The zero-order valence-corrected chi connectivity index (χ0v) is 42.3. The van der Waals surface area contributed by atoms with E-state index >= 15 is 0 Å². The molecule has 1 heteroatoms. The van der Waals surface area contributed by atoms with Gasteiger partial charge < -0.3 is 0 Å². The van der Waals surface area contributed by atoms with Gasteiger partial charge in [0, 0.05) is 0 Å². The molecule has 0 rings (SSSR count). The molecule has 0 heterocycles. The quantitative estimate of drug-likeness (QED) is 0.0424. The van der Waals surface area contributed by atoms with Gasteiger partial charge in [-0.3, -0.25) is 0 Å². The van der Waals surface area contributed by atoms with Gasteiger partial charge in [0.1, 0.15) is 0 Å². The molecule has 346 valence electrons. The summed E-state index contributed by atoms with van der Waals surface area (Å²) in [6, 6.07) is 0. The maximum absolute atomic E-state index is 2.34. The molecule has 0 aliphatic rings. The molecule has 0 radical (unpaired) electrons. The van der Waals surface area contributed by atoms with Crippen molar-refractivity contribution in [1.29, 1.82) is 0 Å². The van der Waals surface area contributed by atoms with Crippen molar-refractivity contribution < 1.29 is 0 Å². The van der Waals surface area contributed by atoms with Crippen LogP contribution in [0.25, 0.3) is 0 Å². The normalized spacial score (nSPS) is 12.3. The van der Waals surface area contributed by atoms with E-state index in [9.17, 15) is 0 Å². The number of rotatable bonds is 52. The van der Waals surface area contributed by atoms with Crippen molar-refractivity contribution >= 4 is 7.26 Å². The van der Waals surface area contributed by atoms with Crippen LogP contribution in [0.5, 0.6) is 0 Å². The molecular weight excluding hydrogens is 704 g/mol. The Kier molecular flexibility index (Phi) is 51.2. The van der Waals surface area contributed by atoms with E-state index in [4.69, 9.17) is 0 Å². The third kappa shape index (κ3) is 45.8. The molecular formula is C56H117P. The van der Waals surface area contributed by atoms with Gasteiger partial charge in [-0.05, 0) is 0 Å². The number of hydrogen-bond donors (Lipinski definition) is 0. The summed E-state index contributed by atoms with van der Waals surface area (Å²) in [5, 5.41) is 0. The summed E-state index contributed by atoms with van der Waals surface area (Å²) in [6.45, 7) is 9.35. The molecule has 0 spiro atoms. The smallest absolute Gasteiger partial charge is 0.0654 e. The first-order valence-corrected chi connectivity index (χ1v) is 31.1. The molecule has 0 aliphatic carbocycles. The van der Waals surface area contributed by atoms with Crippen LogP contribution in [0.1, 0.15) is 336 Å². The van der Waals surface area contributed by atoms with E-state index in [1.54, 1.807) is 76.0 Å². The van der Waals surface area contributed by atoms with Crippen LogP contribution in [0.3, 0.4) is 0 Å². The molecule has 0 aliphatic heterocycles. The summed E-state index contributed by atoms with van der Waals surface area (Å²) in [4.78, 5) is 0. The van der Waals surface area contributed by atoms with Crippen LogP contribution in [0, 0.1) is 0 Å². The number of hydrogen-bond acceptors (Lipinski definition) is 0. The van der Waals surface area contributed by atoms with Gasteiger partial charge in [-0.15, -0.1) is 0 Å². The molecule has 0 nitrogen and oxygen atoms in total. The summed E-state index contributed by atoms with van der Waals surface area (Å²) in [6.07, 6.45) is 78.5. The second-order valence-electron chi connectivity index (χ2n) is 20.1. The molecule has 0 amide bonds. The Hall–Kier alpha value is 0.430. The van der Waals surface area contributed by atoms with Crippen molar-refractivity contribution in [2.75, 3.05) is 24.6 Å². The third-order valence-corrected chi connectivity index (χ3v) is 19.9. The van der Waals surface area contributed by atoms with E-state index in [-0.39, 0.29) is 0 Å². The second-order valence-corrected chi connectivity index (χ2v) is 25.1. The minimum absolute atomic E-state index is 1.18. The van der Waals surface area contributed by atoms with Crippen LogP contribution in [-0.2, 0) is 0 Å². The molecule has 0 atom stereocenters. The summed E-state index contributed by atoms with van der Waals surface area (Å²) >= 11 is 0. The minimum atomic E-state index is -1.18. The van der Waals surface area contributed by atoms with E-state index < -0.39 is 7.26 Å². The Labute approximate surface area is 366 Å². The van der Waals surface area contributed by atoms with E-state index in [1.165, 1.54) is 257 Å². The summed E-state index contributed by atoms with van der Waals surface area (Å²) in [5.74, 6) is 0. The Morgan fingerprint density at radius 1 is 0.140 bits per heavy atom. The van der Waals surface area contributed by atoms with Crippen molar-refractivity contribution in [2.45, 2.75) is 336 Å². The molecule has 0 fully saturated rings. The zero-order valence-electron chi connectivity index (χ0n) is 41.3. The zero-order chi connectivity index (χ0) is 41.3. The minimum Gasteiger partial charge on any atom is -0.0654 e. The first kappa shape index (κ1) is 57.4. The predicted molar refractivity (Wildman–Crippen MR) is 272 cm³/mol. The fraction of sp³-hybridized carbons (Fsp3) is 1.00. The van der Waals surface area contributed by atoms with Gasteiger partial charge in [0.25, 0.3) is 0 Å². The van der Waals surface area contributed by atoms with Crippen molar-refractivity contribution in [2.24, 2.45) is 0 Å². The molecule has 0 saturated heterocycles. The molecule has 0 unspecified atom stereocenters. The SMILES string of the molecule is CCCCCCCCCCCCCC[PH](CCCCCCCCCCCCCC)(CCCCCCCCCCCCCC)CCCCCCCCCCCCCC. The average Bonchev–Trinajstić information content (AvgIpc) is 3.22. The van der Waals surface area contributed by atoms with E-state index in [2.05, 4.69) is 27.7 Å². The van der Waals surface area contributed by atoms with Crippen LogP contribution in [-0.4, -0.2) is 24.6 Å². The number of unbranched alkanes of at least 4 members (excludes halogenated alkanes) is 44. The van der Waals surface area contributed by atoms with Gasteiger partial charge in [-0.25, -0.2) is 0 Å². The van der Waals surface area contributed by atoms with Gasteiger partial charge in [-0.2, -0.15) is 0 Å². The van der Waals surface area contributed by atoms with Crippen LogP contribution < -0.4 is 0 Å². The first-order chi connectivity index (χ1) is 28.2. The fourth-order valence-corrected chi connectivity index (χ4v) is 15.6. The standard InChI is InChI=1S/C56H117P/c1-5-9-13-17-21-25-29-33-37-41-45-49-53-57(54-50-46-42-38-34-30-26-22-18-14-10-6-2,55-51-47-43-39-35-31-27-23-19-15-11-7-3)56-52-48-44-40-36-32-28-24-20-16-12-8-4/h57H,5-56H2,1-4H3. The fourth-order valence-electron chi connectivity index (χ4n) is 10.1. The summed E-state index contributed by atoms with van der Waals surface area (Å²) in [5.41, 5.74) is 0. The second kappa shape index (κ2) is 50.8. The monoisotopic (exact) mass is 821 g/mol. The van der Waals surface area contributed by atoms with Crippen LogP contribution in [0.15, 0.2) is 0 Å². The van der Waals surface area contributed by atoms with Gasteiger partial charge >= 0.3 is 314 Å². The maximum atomic E-state index is 2.34. The molecule has 0 aromatic carbocycles. The Morgan fingerprint density at radius 3 is 0.368 bits per heavy atom. The molecule has 0 saturated carbocycles. The van der Waals surface area contributed by atoms with Crippen molar-refractivity contribution in [3.8, 4) is 0 Å². The molecule has 0 bridgehead atoms. The third-order valence-electron chi connectivity index (χ3n) is 14.2. The van der Waals surface area contributed by atoms with Gasteiger partial charge in [0.15, 0.2) is 0 Å². The van der Waals surface area contributed by atoms with Crippen molar-refractivity contribution in [3.63, 3.8) is 0 Å². The Bertz CT molecular complexity index is 567. The van der Waals surface area contributed by atoms with E-state index in [0.717, 1.165) is 0 Å². The van der Waals surface area contributed by atoms with Gasteiger partial charge in [-0.1, -0.05) is 53.4 Å². The van der Waals surface area contributed by atoms with Crippen LogP contribution >= 0.6 is 7.26 Å². The predicted octanol–water partition coefficient (Wildman–Crippen LogP) is 21.5. The first-order valence-electron chi connectivity index (χ1n) is 28.2. The molecule has 0 aromatic rings. The van der Waals surface area contributed by atoms with Gasteiger partial charge in [0.2, 0.25) is 0 Å². The summed E-state index contributed by atoms with van der Waals surface area (Å²) < 4.78 is 0.